The van der Waals surface area contributed by atoms with E-state index in [1.54, 1.807) is 0 Å². The van der Waals surface area contributed by atoms with Gasteiger partial charge in [0.1, 0.15) is 11.9 Å². The molecule has 1 aromatic carbocycles. The van der Waals surface area contributed by atoms with Crippen molar-refractivity contribution in [3.8, 4) is 5.75 Å². The zero-order valence-electron chi connectivity index (χ0n) is 10.2. The van der Waals surface area contributed by atoms with Gasteiger partial charge in [-0.2, -0.15) is 0 Å². The molecule has 0 saturated carbocycles. The molecule has 2 nitrogen and oxygen atoms in total. The monoisotopic (exact) mass is 241 g/mol. The molecule has 0 aliphatic carbocycles. The fourth-order valence-corrected chi connectivity index (χ4v) is 1.51. The summed E-state index contributed by atoms with van der Waals surface area (Å²) in [6.07, 6.45) is 1.27. The third-order valence-corrected chi connectivity index (χ3v) is 2.73. The fourth-order valence-electron chi connectivity index (χ4n) is 1.33. The maximum absolute atomic E-state index is 5.88. The summed E-state index contributed by atoms with van der Waals surface area (Å²) in [6, 6.07) is 8.03. The second-order valence-corrected chi connectivity index (χ2v) is 4.54. The van der Waals surface area contributed by atoms with Crippen molar-refractivity contribution < 1.29 is 4.74 Å². The number of ether oxygens (including phenoxy) is 1. The SMILES string of the molecule is CCC(C)NCC(C)Oc1cccc(Cl)c1. The van der Waals surface area contributed by atoms with Crippen LogP contribution in [0.3, 0.4) is 0 Å². The van der Waals surface area contributed by atoms with Crippen LogP contribution in [0.15, 0.2) is 24.3 Å². The molecular weight excluding hydrogens is 222 g/mol. The minimum Gasteiger partial charge on any atom is -0.489 e. The first kappa shape index (κ1) is 13.3. The van der Waals surface area contributed by atoms with E-state index in [2.05, 4.69) is 26.1 Å². The van der Waals surface area contributed by atoms with Crippen LogP contribution in [0, 0.1) is 0 Å². The van der Waals surface area contributed by atoms with E-state index >= 15 is 0 Å². The van der Waals surface area contributed by atoms with Crippen LogP contribution < -0.4 is 10.1 Å². The van der Waals surface area contributed by atoms with Crippen molar-refractivity contribution in [2.45, 2.75) is 39.3 Å². The molecule has 0 heterocycles. The van der Waals surface area contributed by atoms with Gasteiger partial charge in [0.05, 0.1) is 0 Å². The van der Waals surface area contributed by atoms with E-state index in [-0.39, 0.29) is 6.10 Å². The lowest BCUT2D eigenvalue weighted by atomic mass is 10.2. The number of hydrogen-bond acceptors (Lipinski definition) is 2. The van der Waals surface area contributed by atoms with E-state index in [0.29, 0.717) is 11.1 Å². The molecule has 0 fully saturated rings. The highest BCUT2D eigenvalue weighted by Crippen LogP contribution is 2.18. The molecule has 16 heavy (non-hydrogen) atoms. The minimum absolute atomic E-state index is 0.146. The average molecular weight is 242 g/mol. The van der Waals surface area contributed by atoms with Crippen molar-refractivity contribution >= 4 is 11.6 Å². The second kappa shape index (κ2) is 6.77. The Balaban J connectivity index is 2.36. The molecule has 1 N–H and O–H groups in total. The highest BCUT2D eigenvalue weighted by Gasteiger charge is 2.05. The van der Waals surface area contributed by atoms with Crippen molar-refractivity contribution in [3.63, 3.8) is 0 Å². The van der Waals surface area contributed by atoms with Crippen molar-refractivity contribution in [2.75, 3.05) is 6.54 Å². The van der Waals surface area contributed by atoms with Gasteiger partial charge in [0, 0.05) is 17.6 Å². The number of hydrogen-bond donors (Lipinski definition) is 1. The first-order valence-corrected chi connectivity index (χ1v) is 6.15. The van der Waals surface area contributed by atoms with Crippen LogP contribution in [0.1, 0.15) is 27.2 Å². The molecule has 1 aromatic rings. The standard InChI is InChI=1S/C13H20ClNO/c1-4-10(2)15-9-11(3)16-13-7-5-6-12(14)8-13/h5-8,10-11,15H,4,9H2,1-3H3. The zero-order valence-corrected chi connectivity index (χ0v) is 10.9. The lowest BCUT2D eigenvalue weighted by Crippen LogP contribution is -2.34. The molecule has 90 valence electrons. The Labute approximate surface area is 103 Å². The highest BCUT2D eigenvalue weighted by atomic mass is 35.5. The lowest BCUT2D eigenvalue weighted by molar-refractivity contribution is 0.212. The number of halogens is 1. The van der Waals surface area contributed by atoms with Gasteiger partial charge in [0.15, 0.2) is 0 Å². The smallest absolute Gasteiger partial charge is 0.121 e. The summed E-state index contributed by atoms with van der Waals surface area (Å²) in [5, 5.41) is 4.12. The molecule has 2 unspecified atom stereocenters. The summed E-state index contributed by atoms with van der Waals surface area (Å²) < 4.78 is 5.74. The third kappa shape index (κ3) is 4.86. The number of nitrogens with one attached hydrogen (secondary N) is 1. The Bertz CT molecular complexity index is 317. The van der Waals surface area contributed by atoms with Gasteiger partial charge < -0.3 is 10.1 Å². The fraction of sp³-hybridized carbons (Fsp3) is 0.538. The van der Waals surface area contributed by atoms with Crippen molar-refractivity contribution in [2.24, 2.45) is 0 Å². The molecule has 3 heteroatoms. The van der Waals surface area contributed by atoms with Gasteiger partial charge in [-0.1, -0.05) is 24.6 Å². The molecule has 0 aliphatic rings. The van der Waals surface area contributed by atoms with Crippen molar-refractivity contribution in [1.29, 1.82) is 0 Å². The quantitative estimate of drug-likeness (QED) is 0.823. The summed E-state index contributed by atoms with van der Waals surface area (Å²) >= 11 is 5.88. The first-order chi connectivity index (χ1) is 7.61. The van der Waals surface area contributed by atoms with E-state index in [0.717, 1.165) is 18.7 Å². The molecule has 0 spiro atoms. The second-order valence-electron chi connectivity index (χ2n) is 4.10. The maximum atomic E-state index is 5.88. The van der Waals surface area contributed by atoms with Crippen LogP contribution in [-0.4, -0.2) is 18.7 Å². The number of benzene rings is 1. The summed E-state index contributed by atoms with van der Waals surface area (Å²) in [5.74, 6) is 0.825. The van der Waals surface area contributed by atoms with E-state index in [9.17, 15) is 0 Å². The molecular formula is C13H20ClNO. The van der Waals surface area contributed by atoms with E-state index in [4.69, 9.17) is 16.3 Å². The Hall–Kier alpha value is -0.730. The molecule has 0 aliphatic heterocycles. The Morgan fingerprint density at radius 2 is 2.12 bits per heavy atom. The molecule has 2 atom stereocenters. The van der Waals surface area contributed by atoms with Crippen molar-refractivity contribution in [1.82, 2.24) is 5.32 Å². The van der Waals surface area contributed by atoms with Gasteiger partial charge in [0.2, 0.25) is 0 Å². The molecule has 0 bridgehead atoms. The Kier molecular flexibility index (Phi) is 5.64. The van der Waals surface area contributed by atoms with Gasteiger partial charge in [-0.25, -0.2) is 0 Å². The predicted molar refractivity (Wildman–Crippen MR) is 69.3 cm³/mol. The number of rotatable bonds is 6. The van der Waals surface area contributed by atoms with Gasteiger partial charge in [-0.05, 0) is 38.5 Å². The summed E-state index contributed by atoms with van der Waals surface area (Å²) in [4.78, 5) is 0. The predicted octanol–water partition coefficient (Wildman–Crippen LogP) is 3.50. The van der Waals surface area contributed by atoms with Crippen LogP contribution in [0.2, 0.25) is 5.02 Å². The van der Waals surface area contributed by atoms with Crippen molar-refractivity contribution in [3.05, 3.63) is 29.3 Å². The largest absolute Gasteiger partial charge is 0.489 e. The Morgan fingerprint density at radius 3 is 2.75 bits per heavy atom. The minimum atomic E-state index is 0.146. The van der Waals surface area contributed by atoms with E-state index in [1.807, 2.05) is 24.3 Å². The van der Waals surface area contributed by atoms with Crippen LogP contribution >= 0.6 is 11.6 Å². The third-order valence-electron chi connectivity index (χ3n) is 2.50. The summed E-state index contributed by atoms with van der Waals surface area (Å²) in [5.41, 5.74) is 0. The van der Waals surface area contributed by atoms with E-state index < -0.39 is 0 Å². The van der Waals surface area contributed by atoms with Gasteiger partial charge in [0.25, 0.3) is 0 Å². The highest BCUT2D eigenvalue weighted by molar-refractivity contribution is 6.30. The van der Waals surface area contributed by atoms with Gasteiger partial charge in [-0.15, -0.1) is 0 Å². The molecule has 0 amide bonds. The maximum Gasteiger partial charge on any atom is 0.121 e. The summed E-state index contributed by atoms with van der Waals surface area (Å²) in [7, 11) is 0. The summed E-state index contributed by atoms with van der Waals surface area (Å²) in [6.45, 7) is 7.24. The Morgan fingerprint density at radius 1 is 1.38 bits per heavy atom. The molecule has 1 rings (SSSR count). The molecule has 0 saturated heterocycles. The van der Waals surface area contributed by atoms with Gasteiger partial charge >= 0.3 is 0 Å². The van der Waals surface area contributed by atoms with Gasteiger partial charge in [-0.3, -0.25) is 0 Å². The topological polar surface area (TPSA) is 21.3 Å². The van der Waals surface area contributed by atoms with Crippen LogP contribution in [0.5, 0.6) is 5.75 Å². The van der Waals surface area contributed by atoms with Crippen LogP contribution in [-0.2, 0) is 0 Å². The molecule has 0 radical (unpaired) electrons. The molecule has 0 aromatic heterocycles. The van der Waals surface area contributed by atoms with Crippen LogP contribution in [0.25, 0.3) is 0 Å². The normalized spacial score (nSPS) is 14.5. The average Bonchev–Trinajstić information content (AvgIpc) is 2.26. The lowest BCUT2D eigenvalue weighted by Gasteiger charge is -2.18. The van der Waals surface area contributed by atoms with Crippen LogP contribution in [0.4, 0.5) is 0 Å². The zero-order chi connectivity index (χ0) is 12.0. The first-order valence-electron chi connectivity index (χ1n) is 5.77. The van der Waals surface area contributed by atoms with E-state index in [1.165, 1.54) is 0 Å².